The van der Waals surface area contributed by atoms with Gasteiger partial charge in [-0.15, -0.1) is 0 Å². The fraction of sp³-hybridized carbons (Fsp3) is 0.417. The minimum Gasteiger partial charge on any atom is -0.326 e. The maximum atomic E-state index is 12.7. The second-order valence-electron chi connectivity index (χ2n) is 8.16. The Kier molecular flexibility index (Phi) is 8.04. The number of carbonyl (C=O) groups is 2. The Bertz CT molecular complexity index is 1050. The smallest absolute Gasteiger partial charge is 0.240 e. The molecular weight excluding hydrogens is 426 g/mol. The molecule has 0 saturated carbocycles. The number of benzene rings is 2. The van der Waals surface area contributed by atoms with Crippen molar-refractivity contribution in [1.82, 2.24) is 4.72 Å². The van der Waals surface area contributed by atoms with Gasteiger partial charge in [-0.2, -0.15) is 0 Å². The van der Waals surface area contributed by atoms with Crippen LogP contribution in [0.3, 0.4) is 0 Å². The number of sulfonamides is 1. The standard InChI is InChI=1S/C24H31N3O4S/c1-3-4-5-8-15-25-32(30,31)21-13-11-20(12-14-21)26-24(29)19-16-23(28)27(17-19)22-10-7-6-9-18(22)2/h6-7,9-14,19,25H,3-5,8,15-17H2,1-2H3,(H,26,29). The van der Waals surface area contributed by atoms with E-state index >= 15 is 0 Å². The lowest BCUT2D eigenvalue weighted by Crippen LogP contribution is -2.28. The van der Waals surface area contributed by atoms with E-state index in [4.69, 9.17) is 0 Å². The molecule has 1 fully saturated rings. The lowest BCUT2D eigenvalue weighted by molar-refractivity contribution is -0.122. The third-order valence-corrected chi connectivity index (χ3v) is 7.13. The molecule has 8 heteroatoms. The van der Waals surface area contributed by atoms with Crippen LogP contribution < -0.4 is 14.9 Å². The Labute approximate surface area is 190 Å². The summed E-state index contributed by atoms with van der Waals surface area (Å²) in [5.41, 5.74) is 2.31. The molecule has 0 bridgehead atoms. The van der Waals surface area contributed by atoms with Gasteiger partial charge in [0.25, 0.3) is 0 Å². The lowest BCUT2D eigenvalue weighted by Gasteiger charge is -2.19. The first-order valence-electron chi connectivity index (χ1n) is 11.1. The van der Waals surface area contributed by atoms with Crippen LogP contribution in [0, 0.1) is 12.8 Å². The molecule has 1 aliphatic heterocycles. The van der Waals surface area contributed by atoms with Crippen molar-refractivity contribution in [3.05, 3.63) is 54.1 Å². The van der Waals surface area contributed by atoms with Gasteiger partial charge < -0.3 is 10.2 Å². The molecule has 2 amide bonds. The van der Waals surface area contributed by atoms with Crippen molar-refractivity contribution in [2.75, 3.05) is 23.3 Å². The number of rotatable bonds is 10. The minimum absolute atomic E-state index is 0.0779. The fourth-order valence-electron chi connectivity index (χ4n) is 3.79. The minimum atomic E-state index is -3.57. The molecular formula is C24H31N3O4S. The summed E-state index contributed by atoms with van der Waals surface area (Å²) < 4.78 is 27.4. The highest BCUT2D eigenvalue weighted by atomic mass is 32.2. The summed E-state index contributed by atoms with van der Waals surface area (Å²) in [5.74, 6) is -0.791. The van der Waals surface area contributed by atoms with E-state index in [1.165, 1.54) is 12.1 Å². The van der Waals surface area contributed by atoms with Crippen molar-refractivity contribution < 1.29 is 18.0 Å². The second-order valence-corrected chi connectivity index (χ2v) is 9.93. The van der Waals surface area contributed by atoms with Crippen molar-refractivity contribution in [2.24, 2.45) is 5.92 Å². The Morgan fingerprint density at radius 1 is 1.06 bits per heavy atom. The van der Waals surface area contributed by atoms with Crippen molar-refractivity contribution in [3.8, 4) is 0 Å². The molecule has 0 spiro atoms. The van der Waals surface area contributed by atoms with Crippen molar-refractivity contribution in [2.45, 2.75) is 50.8 Å². The van der Waals surface area contributed by atoms with Gasteiger partial charge in [0, 0.05) is 30.9 Å². The van der Waals surface area contributed by atoms with Crippen LogP contribution in [0.2, 0.25) is 0 Å². The van der Waals surface area contributed by atoms with Crippen LogP contribution in [0.25, 0.3) is 0 Å². The van der Waals surface area contributed by atoms with Crippen LogP contribution in [0.5, 0.6) is 0 Å². The Morgan fingerprint density at radius 2 is 1.78 bits per heavy atom. The third kappa shape index (κ3) is 5.95. The molecule has 2 N–H and O–H groups in total. The Balaban J connectivity index is 1.57. The number of nitrogens with zero attached hydrogens (tertiary/aromatic N) is 1. The van der Waals surface area contributed by atoms with Crippen LogP contribution in [-0.2, 0) is 19.6 Å². The molecule has 2 aromatic carbocycles. The first-order chi connectivity index (χ1) is 15.3. The van der Waals surface area contributed by atoms with E-state index in [0.717, 1.165) is 36.9 Å². The Hall–Kier alpha value is -2.71. The highest BCUT2D eigenvalue weighted by Crippen LogP contribution is 2.28. The lowest BCUT2D eigenvalue weighted by atomic mass is 10.1. The summed E-state index contributed by atoms with van der Waals surface area (Å²) in [4.78, 5) is 27.0. The zero-order valence-electron chi connectivity index (χ0n) is 18.6. The predicted molar refractivity (Wildman–Crippen MR) is 126 cm³/mol. The normalized spacial score (nSPS) is 16.4. The fourth-order valence-corrected chi connectivity index (χ4v) is 4.86. The van der Waals surface area contributed by atoms with Gasteiger partial charge in [-0.25, -0.2) is 13.1 Å². The Morgan fingerprint density at radius 3 is 2.47 bits per heavy atom. The SMILES string of the molecule is CCCCCCNS(=O)(=O)c1ccc(NC(=O)C2CC(=O)N(c3ccccc3C)C2)cc1. The monoisotopic (exact) mass is 457 g/mol. The number of amides is 2. The average molecular weight is 458 g/mol. The van der Waals surface area contributed by atoms with Crippen molar-refractivity contribution in [1.29, 1.82) is 0 Å². The highest BCUT2D eigenvalue weighted by molar-refractivity contribution is 7.89. The van der Waals surface area contributed by atoms with Crippen LogP contribution in [0.15, 0.2) is 53.4 Å². The maximum Gasteiger partial charge on any atom is 0.240 e. The number of nitrogens with one attached hydrogen (secondary N) is 2. The van der Waals surface area contributed by atoms with Crippen LogP contribution in [-0.4, -0.2) is 33.3 Å². The topological polar surface area (TPSA) is 95.6 Å². The maximum absolute atomic E-state index is 12.7. The van der Waals surface area contributed by atoms with E-state index in [2.05, 4.69) is 17.0 Å². The highest BCUT2D eigenvalue weighted by Gasteiger charge is 2.35. The molecule has 1 heterocycles. The average Bonchev–Trinajstić information content (AvgIpc) is 3.16. The van der Waals surface area contributed by atoms with Gasteiger partial charge >= 0.3 is 0 Å². The van der Waals surface area contributed by atoms with Gasteiger partial charge in [-0.3, -0.25) is 9.59 Å². The van der Waals surface area contributed by atoms with Gasteiger partial charge in [-0.05, 0) is 49.2 Å². The zero-order valence-corrected chi connectivity index (χ0v) is 19.5. The molecule has 2 aromatic rings. The van der Waals surface area contributed by atoms with Crippen molar-refractivity contribution in [3.63, 3.8) is 0 Å². The number of para-hydroxylation sites is 1. The summed E-state index contributed by atoms with van der Waals surface area (Å²) in [7, 11) is -3.57. The van der Waals surface area contributed by atoms with Crippen LogP contribution in [0.1, 0.15) is 44.6 Å². The van der Waals surface area contributed by atoms with Crippen LogP contribution >= 0.6 is 0 Å². The molecule has 1 saturated heterocycles. The molecule has 7 nitrogen and oxygen atoms in total. The summed E-state index contributed by atoms with van der Waals surface area (Å²) in [6.07, 6.45) is 4.13. The molecule has 1 unspecified atom stereocenters. The number of unbranched alkanes of at least 4 members (excludes halogenated alkanes) is 3. The van der Waals surface area contributed by atoms with Crippen LogP contribution in [0.4, 0.5) is 11.4 Å². The van der Waals surface area contributed by atoms with Gasteiger partial charge in [0.05, 0.1) is 10.8 Å². The zero-order chi connectivity index (χ0) is 23.1. The van der Waals surface area contributed by atoms with Gasteiger partial charge in [0.1, 0.15) is 0 Å². The molecule has 1 aliphatic rings. The van der Waals surface area contributed by atoms with E-state index in [9.17, 15) is 18.0 Å². The summed E-state index contributed by atoms with van der Waals surface area (Å²) in [5, 5.41) is 2.80. The summed E-state index contributed by atoms with van der Waals surface area (Å²) in [6, 6.07) is 13.7. The number of carbonyl (C=O) groups excluding carboxylic acids is 2. The number of aryl methyl sites for hydroxylation is 1. The summed E-state index contributed by atoms with van der Waals surface area (Å²) >= 11 is 0. The van der Waals surface area contributed by atoms with Gasteiger partial charge in [0.2, 0.25) is 21.8 Å². The molecule has 0 aromatic heterocycles. The van der Waals surface area contributed by atoms with E-state index in [0.29, 0.717) is 18.8 Å². The number of hydrogen-bond donors (Lipinski definition) is 2. The van der Waals surface area contributed by atoms with Crippen molar-refractivity contribution >= 4 is 33.2 Å². The molecule has 0 aliphatic carbocycles. The van der Waals surface area contributed by atoms with Gasteiger partial charge in [0.15, 0.2) is 0 Å². The van der Waals surface area contributed by atoms with E-state index in [1.807, 2.05) is 31.2 Å². The molecule has 32 heavy (non-hydrogen) atoms. The second kappa shape index (κ2) is 10.7. The molecule has 1 atom stereocenters. The van der Waals surface area contributed by atoms with E-state index < -0.39 is 15.9 Å². The molecule has 3 rings (SSSR count). The molecule has 172 valence electrons. The van der Waals surface area contributed by atoms with Gasteiger partial charge in [-0.1, -0.05) is 44.4 Å². The summed E-state index contributed by atoms with van der Waals surface area (Å²) in [6.45, 7) is 4.78. The number of hydrogen-bond acceptors (Lipinski definition) is 4. The predicted octanol–water partition coefficient (Wildman–Crippen LogP) is 3.85. The first kappa shape index (κ1) is 23.9. The van der Waals surface area contributed by atoms with E-state index in [1.54, 1.807) is 17.0 Å². The molecule has 0 radical (unpaired) electrons. The quantitative estimate of drug-likeness (QED) is 0.530. The third-order valence-electron chi connectivity index (χ3n) is 5.66. The number of anilines is 2. The first-order valence-corrected chi connectivity index (χ1v) is 12.6. The van der Waals surface area contributed by atoms with E-state index in [-0.39, 0.29) is 23.1 Å². The largest absolute Gasteiger partial charge is 0.326 e.